The van der Waals surface area contributed by atoms with E-state index in [4.69, 9.17) is 15.2 Å². The van der Waals surface area contributed by atoms with Crippen LogP contribution < -0.4 is 15.8 Å². The van der Waals surface area contributed by atoms with Crippen molar-refractivity contribution in [3.05, 3.63) is 47.4 Å². The van der Waals surface area contributed by atoms with E-state index in [-0.39, 0.29) is 28.5 Å². The van der Waals surface area contributed by atoms with Gasteiger partial charge in [-0.05, 0) is 55.8 Å². The molecule has 3 aliphatic rings. The Morgan fingerprint density at radius 2 is 1.84 bits per heavy atom. The van der Waals surface area contributed by atoms with E-state index < -0.39 is 15.4 Å². The van der Waals surface area contributed by atoms with Crippen molar-refractivity contribution in [2.45, 2.75) is 74.5 Å². The van der Waals surface area contributed by atoms with Gasteiger partial charge in [-0.3, -0.25) is 0 Å². The number of sulfone groups is 1. The van der Waals surface area contributed by atoms with Gasteiger partial charge in [0.15, 0.2) is 9.84 Å². The van der Waals surface area contributed by atoms with Gasteiger partial charge in [0, 0.05) is 36.7 Å². The van der Waals surface area contributed by atoms with Crippen molar-refractivity contribution in [3.8, 4) is 5.88 Å². The third-order valence-electron chi connectivity index (χ3n) is 7.55. The first kappa shape index (κ1) is 25.0. The summed E-state index contributed by atoms with van der Waals surface area (Å²) in [5.41, 5.74) is 7.79. The number of rotatable bonds is 7. The highest BCUT2D eigenvalue weighted by Gasteiger charge is 2.47. The van der Waals surface area contributed by atoms with Crippen LogP contribution in [0.2, 0.25) is 0 Å². The van der Waals surface area contributed by atoms with Gasteiger partial charge in [-0.1, -0.05) is 6.92 Å². The van der Waals surface area contributed by atoms with Crippen molar-refractivity contribution in [2.75, 3.05) is 11.9 Å². The predicted octanol–water partition coefficient (Wildman–Crippen LogP) is 3.72. The molecular weight excluding hydrogens is 506 g/mol. The number of nitrogens with one attached hydrogen (secondary N) is 1. The number of fused-ring (bicyclic) bond motifs is 2. The number of aromatic nitrogens is 3. The van der Waals surface area contributed by atoms with E-state index in [9.17, 15) is 13.2 Å². The van der Waals surface area contributed by atoms with Crippen molar-refractivity contribution in [1.82, 2.24) is 15.0 Å². The van der Waals surface area contributed by atoms with Gasteiger partial charge >= 0.3 is 5.97 Å². The van der Waals surface area contributed by atoms with Gasteiger partial charge in [0.25, 0.3) is 0 Å². The fourth-order valence-electron chi connectivity index (χ4n) is 5.08. The second-order valence-corrected chi connectivity index (χ2v) is 13.7. The quantitative estimate of drug-likeness (QED) is 0.427. The molecule has 3 N–H and O–H groups in total. The molecule has 0 bridgehead atoms. The largest absolute Gasteiger partial charge is 0.474 e. The summed E-state index contributed by atoms with van der Waals surface area (Å²) in [5, 5.41) is 4.29. The summed E-state index contributed by atoms with van der Waals surface area (Å²) in [6.45, 7) is 6.08. The van der Waals surface area contributed by atoms with Gasteiger partial charge < -0.3 is 20.5 Å². The third kappa shape index (κ3) is 4.47. The number of nitrogens with zero attached hydrogens (tertiary/aromatic N) is 3. The highest BCUT2D eigenvalue weighted by atomic mass is 32.2. The van der Waals surface area contributed by atoms with Crippen LogP contribution in [0.5, 0.6) is 5.88 Å². The maximum atomic E-state index is 12.5. The molecule has 0 saturated heterocycles. The van der Waals surface area contributed by atoms with Gasteiger partial charge in [-0.15, -0.1) is 0 Å². The maximum absolute atomic E-state index is 12.5. The average Bonchev–Trinajstić information content (AvgIpc) is 3.69. The Labute approximate surface area is 221 Å². The number of carbonyl (C=O) groups is 1. The van der Waals surface area contributed by atoms with Gasteiger partial charge in [0.2, 0.25) is 5.88 Å². The monoisotopic (exact) mass is 537 g/mol. The molecule has 0 spiro atoms. The van der Waals surface area contributed by atoms with Crippen LogP contribution in [0.3, 0.4) is 0 Å². The van der Waals surface area contributed by atoms with E-state index in [1.54, 1.807) is 24.5 Å². The molecule has 1 atom stereocenters. The van der Waals surface area contributed by atoms with Crippen LogP contribution in [0.15, 0.2) is 30.6 Å². The zero-order valence-corrected chi connectivity index (χ0v) is 22.4. The summed E-state index contributed by atoms with van der Waals surface area (Å²) < 4.78 is 36.4. The number of carbonyl (C=O) groups excluding carboxylic acids is 1. The summed E-state index contributed by atoms with van der Waals surface area (Å²) in [6, 6.07) is 5.32. The second kappa shape index (κ2) is 8.88. The van der Waals surface area contributed by atoms with Crippen LogP contribution in [0.4, 0.5) is 11.6 Å². The first-order valence-corrected chi connectivity index (χ1v) is 14.5. The Hall–Kier alpha value is -3.31. The fraction of sp³-hybridized carbons (Fsp3) is 0.481. The number of hydrogen-bond donors (Lipinski definition) is 2. The van der Waals surface area contributed by atoms with Crippen LogP contribution in [-0.4, -0.2) is 52.5 Å². The number of ether oxygens (including phenoxy) is 2. The molecule has 0 amide bonds. The number of nitrogens with two attached hydrogens (primary N) is 1. The van der Waals surface area contributed by atoms with E-state index in [0.29, 0.717) is 53.6 Å². The van der Waals surface area contributed by atoms with E-state index in [1.165, 1.54) is 0 Å². The highest BCUT2D eigenvalue weighted by Crippen LogP contribution is 2.41. The molecule has 38 heavy (non-hydrogen) atoms. The second-order valence-electron chi connectivity index (χ2n) is 11.2. The Morgan fingerprint density at radius 3 is 2.55 bits per heavy atom. The fourth-order valence-corrected chi connectivity index (χ4v) is 7.38. The lowest BCUT2D eigenvalue weighted by Gasteiger charge is -2.35. The van der Waals surface area contributed by atoms with E-state index >= 15 is 0 Å². The van der Waals surface area contributed by atoms with E-state index in [0.717, 1.165) is 23.8 Å². The predicted molar refractivity (Wildman–Crippen MR) is 142 cm³/mol. The molecule has 3 aromatic heterocycles. The lowest BCUT2D eigenvalue weighted by atomic mass is 9.92. The zero-order valence-electron chi connectivity index (χ0n) is 21.6. The summed E-state index contributed by atoms with van der Waals surface area (Å²) >= 11 is 0. The van der Waals surface area contributed by atoms with E-state index in [2.05, 4.69) is 20.3 Å². The van der Waals surface area contributed by atoms with Crippen LogP contribution >= 0.6 is 0 Å². The van der Waals surface area contributed by atoms with Gasteiger partial charge in [0.1, 0.15) is 17.7 Å². The molecule has 2 aliphatic carbocycles. The van der Waals surface area contributed by atoms with Crippen molar-refractivity contribution >= 4 is 38.2 Å². The molecule has 0 radical (unpaired) electrons. The standard InChI is InChI=1S/C27H31N5O5S/c1-14-13-36-26(33)18-6-7-22(32-24(14)18)31-23-10-19-20(11-29-23)25(30-12-21(19)27(2,3)28)37-15-8-17(9-15)38(34,35)16-4-5-16/h6-7,10-12,14-17H,4-5,8-9,13,28H2,1-3H3,(H,29,31,32)/t14-,15?,17?/m1/s1. The number of pyridine rings is 3. The SMILES string of the molecule is C[C@@H]1COC(=O)c2ccc(Nc3cc4c(C(C)(C)N)cnc(OC5CC(S(=O)(=O)C6CC6)C5)c4cn3)nc21. The molecule has 10 nitrogen and oxygen atoms in total. The van der Waals surface area contributed by atoms with Crippen molar-refractivity contribution < 1.29 is 22.7 Å². The maximum Gasteiger partial charge on any atom is 0.340 e. The van der Waals surface area contributed by atoms with Crippen molar-refractivity contribution in [1.29, 1.82) is 0 Å². The molecule has 6 rings (SSSR count). The van der Waals surface area contributed by atoms with Crippen LogP contribution in [0, 0.1) is 0 Å². The molecule has 2 fully saturated rings. The van der Waals surface area contributed by atoms with Crippen LogP contribution in [-0.2, 0) is 20.1 Å². The number of hydrogen-bond acceptors (Lipinski definition) is 10. The third-order valence-corrected chi connectivity index (χ3v) is 10.3. The van der Waals surface area contributed by atoms with Gasteiger partial charge in [0.05, 0.1) is 33.8 Å². The molecule has 0 aromatic carbocycles. The highest BCUT2D eigenvalue weighted by molar-refractivity contribution is 7.93. The van der Waals surface area contributed by atoms with Gasteiger partial charge in [-0.2, -0.15) is 0 Å². The summed E-state index contributed by atoms with van der Waals surface area (Å²) in [6.07, 6.45) is 5.72. The minimum atomic E-state index is -3.04. The van der Waals surface area contributed by atoms with Gasteiger partial charge in [-0.25, -0.2) is 28.2 Å². The van der Waals surface area contributed by atoms with Crippen molar-refractivity contribution in [2.24, 2.45) is 5.73 Å². The molecule has 2 saturated carbocycles. The Kier molecular flexibility index (Phi) is 5.84. The first-order valence-electron chi connectivity index (χ1n) is 12.9. The molecule has 0 unspecified atom stereocenters. The number of cyclic esters (lactones) is 1. The van der Waals surface area contributed by atoms with E-state index in [1.807, 2.05) is 26.8 Å². The topological polar surface area (TPSA) is 146 Å². The molecule has 200 valence electrons. The summed E-state index contributed by atoms with van der Waals surface area (Å²) in [5.74, 6) is 1.17. The minimum Gasteiger partial charge on any atom is -0.474 e. The summed E-state index contributed by atoms with van der Waals surface area (Å²) in [4.78, 5) is 25.8. The van der Waals surface area contributed by atoms with Crippen LogP contribution in [0.25, 0.3) is 10.8 Å². The smallest absolute Gasteiger partial charge is 0.340 e. The molecular formula is C27H31N5O5S. The van der Waals surface area contributed by atoms with Crippen LogP contribution in [0.1, 0.15) is 74.0 Å². The first-order chi connectivity index (χ1) is 18.0. The average molecular weight is 538 g/mol. The number of anilines is 2. The Balaban J connectivity index is 1.28. The zero-order chi connectivity index (χ0) is 26.8. The normalized spacial score (nSPS) is 23.4. The lowest BCUT2D eigenvalue weighted by molar-refractivity contribution is 0.0445. The van der Waals surface area contributed by atoms with Crippen molar-refractivity contribution in [3.63, 3.8) is 0 Å². The molecule has 3 aromatic rings. The Bertz CT molecular complexity index is 1540. The lowest BCUT2D eigenvalue weighted by Crippen LogP contribution is -2.44. The summed E-state index contributed by atoms with van der Waals surface area (Å²) in [7, 11) is -3.04. The number of esters is 1. The molecule has 11 heteroatoms. The minimum absolute atomic E-state index is 0.00481. The molecule has 4 heterocycles. The molecule has 1 aliphatic heterocycles. The Morgan fingerprint density at radius 1 is 1.08 bits per heavy atom.